The van der Waals surface area contributed by atoms with Crippen molar-refractivity contribution in [2.45, 2.75) is 33.6 Å². The molecule has 0 aliphatic carbocycles. The van der Waals surface area contributed by atoms with Gasteiger partial charge in [0.1, 0.15) is 5.78 Å². The number of nitrogens with zero attached hydrogens (tertiary/aromatic N) is 1. The number of Topliss-reactive ketones (excluding diaryl/α,β-unsaturated/α-hetero) is 1. The van der Waals surface area contributed by atoms with E-state index in [0.29, 0.717) is 12.8 Å². The lowest BCUT2D eigenvalue weighted by atomic mass is 9.94. The summed E-state index contributed by atoms with van der Waals surface area (Å²) >= 11 is 0. The number of hydrogen-bond acceptors (Lipinski definition) is 2. The maximum absolute atomic E-state index is 11.1. The minimum Gasteiger partial charge on any atom is -0.299 e. The van der Waals surface area contributed by atoms with E-state index in [1.165, 1.54) is 0 Å². The van der Waals surface area contributed by atoms with Gasteiger partial charge in [-0.1, -0.05) is 13.8 Å². The molecule has 0 aliphatic rings. The third-order valence-corrected chi connectivity index (χ3v) is 1.83. The van der Waals surface area contributed by atoms with Crippen LogP contribution in [0.15, 0.2) is 0 Å². The van der Waals surface area contributed by atoms with Crippen molar-refractivity contribution in [2.75, 3.05) is 0 Å². The van der Waals surface area contributed by atoms with Crippen LogP contribution >= 0.6 is 0 Å². The molecular formula is C9H15NO. The van der Waals surface area contributed by atoms with Crippen molar-refractivity contribution < 1.29 is 4.79 Å². The molecule has 0 amide bonds. The van der Waals surface area contributed by atoms with Gasteiger partial charge in [-0.05, 0) is 13.3 Å². The Labute approximate surface area is 68.2 Å². The Hall–Kier alpha value is -0.840. The maximum Gasteiger partial charge on any atom is 0.135 e. The molecule has 0 aromatic rings. The maximum atomic E-state index is 11.1. The molecule has 0 spiro atoms. The zero-order valence-electron chi connectivity index (χ0n) is 7.42. The molecule has 0 radical (unpaired) electrons. The van der Waals surface area contributed by atoms with Crippen LogP contribution in [0, 0.1) is 23.2 Å². The van der Waals surface area contributed by atoms with Crippen molar-refractivity contribution in [3.8, 4) is 6.07 Å². The SMILES string of the molecule is CCC(=O)C(C)CC(C)C#N. The first kappa shape index (κ1) is 10.2. The third-order valence-electron chi connectivity index (χ3n) is 1.83. The molecule has 2 atom stereocenters. The summed E-state index contributed by atoms with van der Waals surface area (Å²) < 4.78 is 0. The minimum absolute atomic E-state index is 0.000463. The van der Waals surface area contributed by atoms with Crippen LogP contribution < -0.4 is 0 Å². The van der Waals surface area contributed by atoms with E-state index in [2.05, 4.69) is 6.07 Å². The molecule has 0 aromatic carbocycles. The number of nitriles is 1. The predicted molar refractivity (Wildman–Crippen MR) is 43.9 cm³/mol. The molecule has 0 bridgehead atoms. The van der Waals surface area contributed by atoms with Gasteiger partial charge in [0.2, 0.25) is 0 Å². The summed E-state index contributed by atoms with van der Waals surface area (Å²) in [7, 11) is 0. The molecule has 0 aliphatic heterocycles. The highest BCUT2D eigenvalue weighted by Gasteiger charge is 2.13. The molecule has 0 heterocycles. The van der Waals surface area contributed by atoms with Gasteiger partial charge < -0.3 is 0 Å². The van der Waals surface area contributed by atoms with Crippen LogP contribution in [0.5, 0.6) is 0 Å². The monoisotopic (exact) mass is 153 g/mol. The number of ketones is 1. The molecule has 0 aromatic heterocycles. The summed E-state index contributed by atoms with van der Waals surface area (Å²) in [5.41, 5.74) is 0. The summed E-state index contributed by atoms with van der Waals surface area (Å²) in [5.74, 6) is 0.308. The van der Waals surface area contributed by atoms with Gasteiger partial charge in [0.25, 0.3) is 0 Å². The average Bonchev–Trinajstić information content (AvgIpc) is 2.02. The Morgan fingerprint density at radius 3 is 2.45 bits per heavy atom. The first-order valence-corrected chi connectivity index (χ1v) is 4.04. The van der Waals surface area contributed by atoms with E-state index in [9.17, 15) is 4.79 Å². The van der Waals surface area contributed by atoms with Crippen LogP contribution in [-0.2, 0) is 4.79 Å². The molecule has 0 saturated heterocycles. The second kappa shape index (κ2) is 4.90. The highest BCUT2D eigenvalue weighted by molar-refractivity contribution is 5.80. The third kappa shape index (κ3) is 3.77. The van der Waals surface area contributed by atoms with Gasteiger partial charge in [-0.2, -0.15) is 5.26 Å². The Morgan fingerprint density at radius 2 is 2.09 bits per heavy atom. The van der Waals surface area contributed by atoms with Crippen molar-refractivity contribution in [1.82, 2.24) is 0 Å². The van der Waals surface area contributed by atoms with Crippen LogP contribution in [0.4, 0.5) is 0 Å². The van der Waals surface area contributed by atoms with Crippen LogP contribution in [0.1, 0.15) is 33.6 Å². The molecule has 0 saturated carbocycles. The lowest BCUT2D eigenvalue weighted by Gasteiger charge is -2.09. The lowest BCUT2D eigenvalue weighted by molar-refractivity contribution is -0.122. The van der Waals surface area contributed by atoms with Gasteiger partial charge in [0, 0.05) is 18.3 Å². The number of carbonyl (C=O) groups is 1. The van der Waals surface area contributed by atoms with E-state index in [1.807, 2.05) is 20.8 Å². The van der Waals surface area contributed by atoms with Crippen LogP contribution in [-0.4, -0.2) is 5.78 Å². The standard InChI is InChI=1S/C9H15NO/c1-4-9(11)8(3)5-7(2)6-10/h7-8H,4-5H2,1-3H3. The summed E-state index contributed by atoms with van der Waals surface area (Å²) in [5, 5.41) is 8.48. The van der Waals surface area contributed by atoms with E-state index in [4.69, 9.17) is 5.26 Å². The Balaban J connectivity index is 3.79. The van der Waals surface area contributed by atoms with Gasteiger partial charge in [-0.15, -0.1) is 0 Å². The average molecular weight is 153 g/mol. The lowest BCUT2D eigenvalue weighted by Crippen LogP contribution is -2.12. The molecule has 2 heteroatoms. The Kier molecular flexibility index (Phi) is 4.52. The van der Waals surface area contributed by atoms with Crippen molar-refractivity contribution in [3.63, 3.8) is 0 Å². The summed E-state index contributed by atoms with van der Waals surface area (Å²) in [6.07, 6.45) is 1.28. The van der Waals surface area contributed by atoms with E-state index >= 15 is 0 Å². The highest BCUT2D eigenvalue weighted by Crippen LogP contribution is 2.12. The smallest absolute Gasteiger partial charge is 0.135 e. The minimum atomic E-state index is 0.000463. The Bertz CT molecular complexity index is 169. The number of carbonyl (C=O) groups excluding carboxylic acids is 1. The summed E-state index contributed by atoms with van der Waals surface area (Å²) in [6.45, 7) is 5.59. The fourth-order valence-electron chi connectivity index (χ4n) is 1.06. The predicted octanol–water partition coefficient (Wildman–Crippen LogP) is 2.15. The van der Waals surface area contributed by atoms with E-state index in [0.717, 1.165) is 0 Å². The van der Waals surface area contributed by atoms with E-state index in [1.54, 1.807) is 0 Å². The fourth-order valence-corrected chi connectivity index (χ4v) is 1.06. The topological polar surface area (TPSA) is 40.9 Å². The summed E-state index contributed by atoms with van der Waals surface area (Å²) in [4.78, 5) is 11.1. The van der Waals surface area contributed by atoms with Crippen molar-refractivity contribution in [3.05, 3.63) is 0 Å². The van der Waals surface area contributed by atoms with Gasteiger partial charge in [0.05, 0.1) is 6.07 Å². The molecule has 0 N–H and O–H groups in total. The molecule has 62 valence electrons. The van der Waals surface area contributed by atoms with Gasteiger partial charge in [0.15, 0.2) is 0 Å². The van der Waals surface area contributed by atoms with Crippen LogP contribution in [0.3, 0.4) is 0 Å². The Morgan fingerprint density at radius 1 is 1.55 bits per heavy atom. The second-order valence-corrected chi connectivity index (χ2v) is 2.99. The second-order valence-electron chi connectivity index (χ2n) is 2.99. The quantitative estimate of drug-likeness (QED) is 0.621. The van der Waals surface area contributed by atoms with Crippen LogP contribution in [0.25, 0.3) is 0 Å². The van der Waals surface area contributed by atoms with Gasteiger partial charge >= 0.3 is 0 Å². The summed E-state index contributed by atoms with van der Waals surface area (Å²) in [6, 6.07) is 2.12. The van der Waals surface area contributed by atoms with Crippen molar-refractivity contribution >= 4 is 5.78 Å². The first-order chi connectivity index (χ1) is 5.11. The number of rotatable bonds is 4. The molecule has 2 unspecified atom stereocenters. The molecule has 2 nitrogen and oxygen atoms in total. The van der Waals surface area contributed by atoms with Gasteiger partial charge in [-0.25, -0.2) is 0 Å². The molecule has 11 heavy (non-hydrogen) atoms. The van der Waals surface area contributed by atoms with Crippen molar-refractivity contribution in [2.24, 2.45) is 11.8 Å². The zero-order chi connectivity index (χ0) is 8.85. The highest BCUT2D eigenvalue weighted by atomic mass is 16.1. The first-order valence-electron chi connectivity index (χ1n) is 4.04. The fraction of sp³-hybridized carbons (Fsp3) is 0.778. The van der Waals surface area contributed by atoms with Crippen molar-refractivity contribution in [1.29, 1.82) is 5.26 Å². The van der Waals surface area contributed by atoms with E-state index < -0.39 is 0 Å². The largest absolute Gasteiger partial charge is 0.299 e. The zero-order valence-corrected chi connectivity index (χ0v) is 7.42. The normalized spacial score (nSPS) is 15.1. The molecule has 0 fully saturated rings. The van der Waals surface area contributed by atoms with Crippen LogP contribution in [0.2, 0.25) is 0 Å². The molecule has 0 rings (SSSR count). The number of hydrogen-bond donors (Lipinski definition) is 0. The van der Waals surface area contributed by atoms with Gasteiger partial charge in [-0.3, -0.25) is 4.79 Å². The van der Waals surface area contributed by atoms with E-state index in [-0.39, 0.29) is 17.6 Å². The molecular weight excluding hydrogens is 138 g/mol.